The Bertz CT molecular complexity index is 613. The molecule has 0 saturated carbocycles. The molecule has 1 aromatic carbocycles. The molecule has 1 aliphatic rings. The van der Waals surface area contributed by atoms with Gasteiger partial charge in [0.25, 0.3) is 0 Å². The Labute approximate surface area is 113 Å². The van der Waals surface area contributed by atoms with Gasteiger partial charge in [-0.3, -0.25) is 0 Å². The van der Waals surface area contributed by atoms with E-state index in [0.29, 0.717) is 0 Å². The number of furan rings is 1. The van der Waals surface area contributed by atoms with E-state index < -0.39 is 0 Å². The average molecular weight is 257 g/mol. The number of benzene rings is 1. The largest absolute Gasteiger partial charge is 0.492 e. The minimum absolute atomic E-state index is 0.0530. The molecule has 2 heterocycles. The molecule has 2 aromatic rings. The SMILES string of the molecule is Cc1cc(C(N)c2ccc3c(c2)C(C)(C)CO3)co1. The van der Waals surface area contributed by atoms with Gasteiger partial charge in [-0.2, -0.15) is 0 Å². The number of ether oxygens (including phenoxy) is 1. The van der Waals surface area contributed by atoms with Crippen molar-refractivity contribution < 1.29 is 9.15 Å². The molecule has 0 spiro atoms. The van der Waals surface area contributed by atoms with E-state index in [4.69, 9.17) is 14.9 Å². The second kappa shape index (κ2) is 4.14. The Morgan fingerprint density at radius 2 is 2.00 bits per heavy atom. The number of rotatable bonds is 2. The lowest BCUT2D eigenvalue weighted by Crippen LogP contribution is -2.19. The Hall–Kier alpha value is -1.74. The Morgan fingerprint density at radius 3 is 2.68 bits per heavy atom. The molecule has 3 rings (SSSR count). The average Bonchev–Trinajstić information content (AvgIpc) is 2.93. The molecule has 0 aliphatic carbocycles. The Balaban J connectivity index is 1.99. The van der Waals surface area contributed by atoms with E-state index >= 15 is 0 Å². The zero-order valence-corrected chi connectivity index (χ0v) is 11.6. The first kappa shape index (κ1) is 12.3. The predicted octanol–water partition coefficient (Wildman–Crippen LogP) is 3.31. The van der Waals surface area contributed by atoms with Gasteiger partial charge in [0.2, 0.25) is 0 Å². The van der Waals surface area contributed by atoms with Gasteiger partial charge in [0.1, 0.15) is 11.5 Å². The van der Waals surface area contributed by atoms with Crippen molar-refractivity contribution in [3.8, 4) is 5.75 Å². The highest BCUT2D eigenvalue weighted by Gasteiger charge is 2.32. The third-order valence-electron chi connectivity index (χ3n) is 3.79. The van der Waals surface area contributed by atoms with Crippen LogP contribution >= 0.6 is 0 Å². The van der Waals surface area contributed by atoms with Crippen molar-refractivity contribution in [3.05, 3.63) is 53.0 Å². The maximum Gasteiger partial charge on any atom is 0.123 e. The summed E-state index contributed by atoms with van der Waals surface area (Å²) >= 11 is 0. The van der Waals surface area contributed by atoms with Crippen molar-refractivity contribution in [1.29, 1.82) is 0 Å². The van der Waals surface area contributed by atoms with Crippen molar-refractivity contribution in [2.75, 3.05) is 6.61 Å². The van der Waals surface area contributed by atoms with Crippen LogP contribution in [0.4, 0.5) is 0 Å². The molecule has 1 atom stereocenters. The molecule has 19 heavy (non-hydrogen) atoms. The second-order valence-corrected chi connectivity index (χ2v) is 5.90. The van der Waals surface area contributed by atoms with Gasteiger partial charge in [0.05, 0.1) is 18.9 Å². The molecule has 0 bridgehead atoms. The first-order chi connectivity index (χ1) is 8.97. The molecule has 0 amide bonds. The van der Waals surface area contributed by atoms with Crippen LogP contribution in [0.3, 0.4) is 0 Å². The summed E-state index contributed by atoms with van der Waals surface area (Å²) in [7, 11) is 0. The molecule has 1 aromatic heterocycles. The topological polar surface area (TPSA) is 48.4 Å². The van der Waals surface area contributed by atoms with Crippen molar-refractivity contribution in [3.63, 3.8) is 0 Å². The summed E-state index contributed by atoms with van der Waals surface area (Å²) in [6.07, 6.45) is 1.73. The molecule has 0 radical (unpaired) electrons. The summed E-state index contributed by atoms with van der Waals surface area (Å²) in [6.45, 7) is 7.04. The number of nitrogens with two attached hydrogens (primary N) is 1. The monoisotopic (exact) mass is 257 g/mol. The van der Waals surface area contributed by atoms with Gasteiger partial charge in [-0.15, -0.1) is 0 Å². The highest BCUT2D eigenvalue weighted by Crippen LogP contribution is 2.40. The van der Waals surface area contributed by atoms with E-state index in [0.717, 1.165) is 29.2 Å². The van der Waals surface area contributed by atoms with Crippen molar-refractivity contribution in [2.24, 2.45) is 5.73 Å². The van der Waals surface area contributed by atoms with Crippen LogP contribution in [0.5, 0.6) is 5.75 Å². The molecule has 1 unspecified atom stereocenters. The van der Waals surface area contributed by atoms with Gasteiger partial charge in [0, 0.05) is 16.5 Å². The number of fused-ring (bicyclic) bond motifs is 1. The first-order valence-electron chi connectivity index (χ1n) is 6.55. The summed E-state index contributed by atoms with van der Waals surface area (Å²) in [6, 6.07) is 8.05. The molecule has 100 valence electrons. The van der Waals surface area contributed by atoms with E-state index in [-0.39, 0.29) is 11.5 Å². The molecule has 0 fully saturated rings. The van der Waals surface area contributed by atoms with Gasteiger partial charge in [-0.1, -0.05) is 19.9 Å². The second-order valence-electron chi connectivity index (χ2n) is 5.90. The fraction of sp³-hybridized carbons (Fsp3) is 0.375. The van der Waals surface area contributed by atoms with Crippen LogP contribution in [-0.2, 0) is 5.41 Å². The lowest BCUT2D eigenvalue weighted by atomic mass is 9.85. The third kappa shape index (κ3) is 2.04. The van der Waals surface area contributed by atoms with E-state index in [1.165, 1.54) is 5.56 Å². The van der Waals surface area contributed by atoms with Crippen LogP contribution in [0.25, 0.3) is 0 Å². The first-order valence-corrected chi connectivity index (χ1v) is 6.55. The van der Waals surface area contributed by atoms with Crippen LogP contribution < -0.4 is 10.5 Å². The number of hydrogen-bond acceptors (Lipinski definition) is 3. The molecule has 0 saturated heterocycles. The van der Waals surface area contributed by atoms with Crippen LogP contribution in [0.1, 0.15) is 42.3 Å². The fourth-order valence-electron chi connectivity index (χ4n) is 2.55. The van der Waals surface area contributed by atoms with Crippen LogP contribution in [0, 0.1) is 6.92 Å². The molecule has 3 nitrogen and oxygen atoms in total. The summed E-state index contributed by atoms with van der Waals surface area (Å²) in [5.41, 5.74) is 9.71. The molecular weight excluding hydrogens is 238 g/mol. The van der Waals surface area contributed by atoms with E-state index in [1.54, 1.807) is 6.26 Å². The minimum Gasteiger partial charge on any atom is -0.492 e. The van der Waals surface area contributed by atoms with Crippen LogP contribution in [0.15, 0.2) is 34.9 Å². The summed E-state index contributed by atoms with van der Waals surface area (Å²) < 4.78 is 11.0. The minimum atomic E-state index is -0.154. The van der Waals surface area contributed by atoms with E-state index in [1.807, 2.05) is 25.1 Å². The maximum atomic E-state index is 6.31. The zero-order valence-electron chi connectivity index (χ0n) is 11.6. The normalized spacial score (nSPS) is 17.9. The van der Waals surface area contributed by atoms with Gasteiger partial charge >= 0.3 is 0 Å². The van der Waals surface area contributed by atoms with Gasteiger partial charge < -0.3 is 14.9 Å². The van der Waals surface area contributed by atoms with Crippen molar-refractivity contribution in [2.45, 2.75) is 32.2 Å². The number of hydrogen-bond donors (Lipinski definition) is 1. The smallest absolute Gasteiger partial charge is 0.123 e. The van der Waals surface area contributed by atoms with Gasteiger partial charge in [-0.05, 0) is 30.7 Å². The lowest BCUT2D eigenvalue weighted by molar-refractivity contribution is 0.291. The molecule has 3 heteroatoms. The third-order valence-corrected chi connectivity index (χ3v) is 3.79. The van der Waals surface area contributed by atoms with Gasteiger partial charge in [-0.25, -0.2) is 0 Å². The van der Waals surface area contributed by atoms with Gasteiger partial charge in [0.15, 0.2) is 0 Å². The summed E-state index contributed by atoms with van der Waals surface area (Å²) in [5.74, 6) is 1.86. The van der Waals surface area contributed by atoms with Crippen LogP contribution in [0.2, 0.25) is 0 Å². The summed E-state index contributed by atoms with van der Waals surface area (Å²) in [5, 5.41) is 0. The molecule has 1 aliphatic heterocycles. The molecular formula is C16H19NO2. The van der Waals surface area contributed by atoms with Crippen molar-refractivity contribution >= 4 is 0 Å². The van der Waals surface area contributed by atoms with E-state index in [2.05, 4.69) is 19.9 Å². The quantitative estimate of drug-likeness (QED) is 0.898. The maximum absolute atomic E-state index is 6.31. The van der Waals surface area contributed by atoms with E-state index in [9.17, 15) is 0 Å². The Kier molecular flexibility index (Phi) is 2.68. The zero-order chi connectivity index (χ0) is 13.6. The highest BCUT2D eigenvalue weighted by molar-refractivity contribution is 5.47. The van der Waals surface area contributed by atoms with Crippen LogP contribution in [-0.4, -0.2) is 6.61 Å². The Morgan fingerprint density at radius 1 is 1.21 bits per heavy atom. The number of aryl methyl sites for hydroxylation is 1. The predicted molar refractivity (Wildman–Crippen MR) is 74.4 cm³/mol. The fourth-order valence-corrected chi connectivity index (χ4v) is 2.55. The molecule has 2 N–H and O–H groups in total. The lowest BCUT2D eigenvalue weighted by Gasteiger charge is -2.17. The standard InChI is InChI=1S/C16H19NO2/c1-10-6-12(8-18-10)15(17)11-4-5-14-13(7-11)16(2,3)9-19-14/h4-8,15H,9,17H2,1-3H3. The summed E-state index contributed by atoms with van der Waals surface area (Å²) in [4.78, 5) is 0. The van der Waals surface area contributed by atoms with Crippen molar-refractivity contribution in [1.82, 2.24) is 0 Å². The highest BCUT2D eigenvalue weighted by atomic mass is 16.5.